The number of hydrogen-bond donors (Lipinski definition) is 3. The van der Waals surface area contributed by atoms with E-state index >= 15 is 0 Å². The highest BCUT2D eigenvalue weighted by molar-refractivity contribution is 6.23. The third-order valence-electron chi connectivity index (χ3n) is 3.96. The van der Waals surface area contributed by atoms with Crippen LogP contribution in [0.2, 0.25) is 0 Å². The number of nitrogen functional groups attached to an aromatic ring is 1. The van der Waals surface area contributed by atoms with Crippen LogP contribution < -0.4 is 21.9 Å². The second-order valence-electron chi connectivity index (χ2n) is 5.76. The summed E-state index contributed by atoms with van der Waals surface area (Å²) in [6, 6.07) is 5.99. The Morgan fingerprint density at radius 2 is 1.96 bits per heavy atom. The summed E-state index contributed by atoms with van der Waals surface area (Å²) in [6.07, 6.45) is 0. The van der Waals surface area contributed by atoms with E-state index in [4.69, 9.17) is 10.5 Å². The van der Waals surface area contributed by atoms with Gasteiger partial charge in [0.15, 0.2) is 0 Å². The van der Waals surface area contributed by atoms with Gasteiger partial charge in [-0.1, -0.05) is 6.07 Å². The van der Waals surface area contributed by atoms with Crippen molar-refractivity contribution < 1.29 is 19.1 Å². The van der Waals surface area contributed by atoms with Crippen molar-refractivity contribution in [1.82, 2.24) is 9.88 Å². The quantitative estimate of drug-likeness (QED) is 0.670. The van der Waals surface area contributed by atoms with Gasteiger partial charge in [-0.25, -0.2) is 0 Å². The number of rotatable bonds is 4. The number of fused-ring (bicyclic) bond motifs is 1. The Kier molecular flexibility index (Phi) is 4.31. The molecule has 0 radical (unpaired) electrons. The van der Waals surface area contributed by atoms with Gasteiger partial charge in [0.05, 0.1) is 16.8 Å². The van der Waals surface area contributed by atoms with Gasteiger partial charge in [-0.2, -0.15) is 0 Å². The highest BCUT2D eigenvalue weighted by Crippen LogP contribution is 2.26. The van der Waals surface area contributed by atoms with Crippen molar-refractivity contribution in [3.05, 3.63) is 51.3 Å². The number of aromatic nitrogens is 1. The first-order chi connectivity index (χ1) is 12.3. The molecule has 9 nitrogen and oxygen atoms in total. The lowest BCUT2D eigenvalue weighted by atomic mass is 10.1. The topological polar surface area (TPSA) is 133 Å². The molecular weight excluding hydrogens is 340 g/mol. The van der Waals surface area contributed by atoms with Crippen molar-refractivity contribution in [2.75, 3.05) is 24.8 Å². The predicted molar refractivity (Wildman–Crippen MR) is 93.5 cm³/mol. The second-order valence-corrected chi connectivity index (χ2v) is 5.76. The maximum atomic E-state index is 12.5. The molecule has 0 atom stereocenters. The van der Waals surface area contributed by atoms with Crippen LogP contribution in [0.5, 0.6) is 0 Å². The van der Waals surface area contributed by atoms with Crippen molar-refractivity contribution >= 4 is 29.2 Å². The van der Waals surface area contributed by atoms with E-state index in [9.17, 15) is 19.2 Å². The Bertz CT molecular complexity index is 1010. The van der Waals surface area contributed by atoms with Gasteiger partial charge in [-0.3, -0.25) is 29.1 Å². The van der Waals surface area contributed by atoms with E-state index in [1.54, 1.807) is 25.1 Å². The number of carbonyl (C=O) groups excluding carboxylic acids is 3. The molecular formula is C17H16N4O5. The highest BCUT2D eigenvalue weighted by atomic mass is 16.5. The molecule has 3 amide bonds. The molecule has 1 aliphatic heterocycles. The van der Waals surface area contributed by atoms with Gasteiger partial charge in [0, 0.05) is 18.9 Å². The fraction of sp³-hybridized carbons (Fsp3) is 0.176. The third-order valence-corrected chi connectivity index (χ3v) is 3.96. The van der Waals surface area contributed by atoms with Crippen LogP contribution in [0.3, 0.4) is 0 Å². The molecule has 1 aliphatic rings. The van der Waals surface area contributed by atoms with Crippen LogP contribution in [0.25, 0.3) is 5.69 Å². The summed E-state index contributed by atoms with van der Waals surface area (Å²) in [6.45, 7) is 1.63. The molecule has 0 saturated heterocycles. The van der Waals surface area contributed by atoms with Crippen molar-refractivity contribution in [1.29, 1.82) is 0 Å². The average molecular weight is 356 g/mol. The van der Waals surface area contributed by atoms with Crippen LogP contribution in [0.4, 0.5) is 11.5 Å². The third kappa shape index (κ3) is 2.84. The van der Waals surface area contributed by atoms with Gasteiger partial charge in [0.2, 0.25) is 5.91 Å². The Labute approximate surface area is 147 Å². The van der Waals surface area contributed by atoms with Gasteiger partial charge >= 0.3 is 0 Å². The Morgan fingerprint density at radius 1 is 1.23 bits per heavy atom. The van der Waals surface area contributed by atoms with E-state index in [-0.39, 0.29) is 29.5 Å². The number of anilines is 2. The highest BCUT2D eigenvalue weighted by Gasteiger charge is 2.32. The molecule has 26 heavy (non-hydrogen) atoms. The lowest BCUT2D eigenvalue weighted by Crippen LogP contribution is -2.25. The molecule has 0 spiro atoms. The summed E-state index contributed by atoms with van der Waals surface area (Å²) < 4.78 is 5.90. The van der Waals surface area contributed by atoms with Crippen LogP contribution in [0, 0.1) is 6.92 Å². The van der Waals surface area contributed by atoms with Gasteiger partial charge < -0.3 is 15.8 Å². The number of benzene rings is 1. The fourth-order valence-electron chi connectivity index (χ4n) is 2.78. The maximum absolute atomic E-state index is 12.5. The van der Waals surface area contributed by atoms with Crippen molar-refractivity contribution in [3.63, 3.8) is 0 Å². The van der Waals surface area contributed by atoms with E-state index in [2.05, 4.69) is 10.6 Å². The summed E-state index contributed by atoms with van der Waals surface area (Å²) in [4.78, 5) is 47.9. The number of carbonyl (C=O) groups is 3. The molecule has 0 fully saturated rings. The largest absolute Gasteiger partial charge is 0.384 e. The second kappa shape index (κ2) is 6.45. The molecule has 3 rings (SSSR count). The monoisotopic (exact) mass is 356 g/mol. The predicted octanol–water partition coefficient (Wildman–Crippen LogP) is 0.197. The number of hydrogen-bond acceptors (Lipinski definition) is 6. The van der Waals surface area contributed by atoms with E-state index in [0.29, 0.717) is 16.9 Å². The Morgan fingerprint density at radius 3 is 2.65 bits per heavy atom. The lowest BCUT2D eigenvalue weighted by molar-refractivity contribution is -0.119. The van der Waals surface area contributed by atoms with Gasteiger partial charge in [-0.05, 0) is 24.6 Å². The van der Waals surface area contributed by atoms with Crippen molar-refractivity contribution in [2.24, 2.45) is 0 Å². The summed E-state index contributed by atoms with van der Waals surface area (Å²) >= 11 is 0. The minimum atomic E-state index is -0.654. The number of nitrogens with two attached hydrogens (primary N) is 1. The molecule has 4 N–H and O–H groups in total. The molecule has 2 aromatic rings. The van der Waals surface area contributed by atoms with Crippen LogP contribution in [-0.2, 0) is 9.53 Å². The Hall–Kier alpha value is -3.46. The molecule has 0 unspecified atom stereocenters. The van der Waals surface area contributed by atoms with Crippen LogP contribution in [0.15, 0.2) is 29.1 Å². The minimum Gasteiger partial charge on any atom is -0.384 e. The number of nitrogens with one attached hydrogen (secondary N) is 2. The van der Waals surface area contributed by atoms with Crippen LogP contribution in [0.1, 0.15) is 26.3 Å². The molecule has 0 bridgehead atoms. The molecule has 1 aromatic heterocycles. The van der Waals surface area contributed by atoms with Crippen LogP contribution >= 0.6 is 0 Å². The van der Waals surface area contributed by atoms with E-state index < -0.39 is 17.4 Å². The summed E-state index contributed by atoms with van der Waals surface area (Å²) in [5, 5.41) is 4.75. The Balaban J connectivity index is 2.14. The first-order valence-corrected chi connectivity index (χ1v) is 7.64. The normalized spacial score (nSPS) is 12.7. The number of imide groups is 1. The lowest BCUT2D eigenvalue weighted by Gasteiger charge is -2.15. The summed E-state index contributed by atoms with van der Waals surface area (Å²) in [5.41, 5.74) is 6.89. The number of pyridine rings is 1. The number of aryl methyl sites for hydroxylation is 1. The smallest absolute Gasteiger partial charge is 0.262 e. The zero-order chi connectivity index (χ0) is 19.0. The van der Waals surface area contributed by atoms with Crippen molar-refractivity contribution in [3.8, 4) is 5.69 Å². The van der Waals surface area contributed by atoms with Crippen LogP contribution in [-0.4, -0.2) is 36.0 Å². The van der Waals surface area contributed by atoms with E-state index in [0.717, 1.165) is 10.6 Å². The molecule has 1 aromatic carbocycles. The number of amides is 3. The minimum absolute atomic E-state index is 0.0391. The number of nitrogens with zero attached hydrogens (tertiary/aromatic N) is 1. The molecule has 0 saturated carbocycles. The van der Waals surface area contributed by atoms with E-state index in [1.807, 2.05) is 0 Å². The average Bonchev–Trinajstić information content (AvgIpc) is 2.84. The number of ether oxygens (including phenoxy) is 1. The maximum Gasteiger partial charge on any atom is 0.262 e. The summed E-state index contributed by atoms with van der Waals surface area (Å²) in [7, 11) is 1.40. The molecule has 9 heteroatoms. The van der Waals surface area contributed by atoms with Gasteiger partial charge in [0.25, 0.3) is 17.4 Å². The fourth-order valence-corrected chi connectivity index (χ4v) is 2.78. The molecule has 2 heterocycles. The number of methoxy groups -OCH3 is 1. The van der Waals surface area contributed by atoms with E-state index in [1.165, 1.54) is 7.11 Å². The molecule has 0 aliphatic carbocycles. The summed E-state index contributed by atoms with van der Waals surface area (Å²) in [5.74, 6) is -1.81. The zero-order valence-electron chi connectivity index (χ0n) is 14.1. The first kappa shape index (κ1) is 17.4. The standard InChI is InChI=1S/C17H16N4O5/c1-8-3-4-9(19-12(22)7-26-2)5-11(8)21-13(23)6-10-14(15(21)18)17(25)20-16(10)24/h3-6H,7,18H2,1-2H3,(H,19,22)(H,20,24,25). The molecule has 134 valence electrons. The first-order valence-electron chi connectivity index (χ1n) is 7.64. The van der Waals surface area contributed by atoms with Crippen molar-refractivity contribution in [2.45, 2.75) is 6.92 Å². The SMILES string of the molecule is COCC(=O)Nc1ccc(C)c(-n2c(N)c3c(cc2=O)C(=O)NC3=O)c1. The van der Waals surface area contributed by atoms with Gasteiger partial charge in [-0.15, -0.1) is 0 Å². The zero-order valence-corrected chi connectivity index (χ0v) is 14.1. The van der Waals surface area contributed by atoms with Gasteiger partial charge in [0.1, 0.15) is 12.4 Å².